The van der Waals surface area contributed by atoms with E-state index in [1.807, 2.05) is 49.4 Å². The Kier molecular flexibility index (Phi) is 7.15. The maximum Gasteiger partial charge on any atom is 0.247 e. The second-order valence-electron chi connectivity index (χ2n) is 8.52. The minimum absolute atomic E-state index is 0.0661. The van der Waals surface area contributed by atoms with E-state index in [1.165, 1.54) is 17.3 Å². The Balaban J connectivity index is 1.24. The summed E-state index contributed by atoms with van der Waals surface area (Å²) in [6.45, 7) is 3.04. The molecule has 2 atom stereocenters. The standard InChI is InChI=1S/C25H29N3O3S/c1-17(11-12-18-7-3-2-4-8-18)26-23(29)19-13-15-28(16-14-19)25(31)22-24(30)27-20-9-5-6-10-21(20)32-22/h2-10,17,19,22H,11-16H2,1H3,(H,26,29)(H,27,30)/t17-,22+/m1/s1. The molecule has 32 heavy (non-hydrogen) atoms. The minimum Gasteiger partial charge on any atom is -0.353 e. The molecule has 3 amide bonds. The third-order valence-corrected chi connectivity index (χ3v) is 7.39. The van der Waals surface area contributed by atoms with Gasteiger partial charge in [0.15, 0.2) is 5.25 Å². The van der Waals surface area contributed by atoms with Crippen molar-refractivity contribution in [1.29, 1.82) is 0 Å². The first-order valence-corrected chi connectivity index (χ1v) is 12.1. The number of likely N-dealkylation sites (tertiary alicyclic amines) is 1. The van der Waals surface area contributed by atoms with Gasteiger partial charge in [-0.05, 0) is 50.3 Å². The van der Waals surface area contributed by atoms with Crippen LogP contribution in [0, 0.1) is 5.92 Å². The third kappa shape index (κ3) is 5.33. The van der Waals surface area contributed by atoms with Crippen LogP contribution >= 0.6 is 11.8 Å². The number of piperidine rings is 1. The lowest BCUT2D eigenvalue weighted by molar-refractivity contribution is -0.137. The van der Waals surface area contributed by atoms with E-state index in [1.54, 1.807) is 4.90 Å². The lowest BCUT2D eigenvalue weighted by Gasteiger charge is -2.34. The number of nitrogens with one attached hydrogen (secondary N) is 2. The van der Waals surface area contributed by atoms with Gasteiger partial charge in [0.05, 0.1) is 5.69 Å². The predicted molar refractivity (Wildman–Crippen MR) is 126 cm³/mol. The van der Waals surface area contributed by atoms with Gasteiger partial charge in [-0.3, -0.25) is 14.4 Å². The molecule has 2 heterocycles. The van der Waals surface area contributed by atoms with E-state index in [2.05, 4.69) is 22.8 Å². The molecule has 0 radical (unpaired) electrons. The first-order valence-electron chi connectivity index (χ1n) is 11.2. The van der Waals surface area contributed by atoms with Gasteiger partial charge in [-0.25, -0.2) is 0 Å². The number of rotatable bonds is 6. The summed E-state index contributed by atoms with van der Waals surface area (Å²) >= 11 is 1.30. The number of hydrogen-bond acceptors (Lipinski definition) is 4. The first kappa shape index (κ1) is 22.4. The monoisotopic (exact) mass is 451 g/mol. The van der Waals surface area contributed by atoms with Crippen molar-refractivity contribution in [3.8, 4) is 0 Å². The van der Waals surface area contributed by atoms with E-state index in [0.29, 0.717) is 25.9 Å². The van der Waals surface area contributed by atoms with E-state index in [4.69, 9.17) is 0 Å². The molecular weight excluding hydrogens is 422 g/mol. The van der Waals surface area contributed by atoms with Crippen molar-refractivity contribution < 1.29 is 14.4 Å². The molecule has 1 saturated heterocycles. The largest absolute Gasteiger partial charge is 0.353 e. The Morgan fingerprint density at radius 2 is 1.78 bits per heavy atom. The molecule has 2 aliphatic heterocycles. The maximum absolute atomic E-state index is 13.0. The number of hydrogen-bond donors (Lipinski definition) is 2. The zero-order chi connectivity index (χ0) is 22.5. The van der Waals surface area contributed by atoms with E-state index in [9.17, 15) is 14.4 Å². The van der Waals surface area contributed by atoms with Crippen LogP contribution in [0.2, 0.25) is 0 Å². The van der Waals surface area contributed by atoms with Gasteiger partial charge in [-0.1, -0.05) is 42.5 Å². The van der Waals surface area contributed by atoms with Gasteiger partial charge in [0.1, 0.15) is 0 Å². The molecule has 2 N–H and O–H groups in total. The van der Waals surface area contributed by atoms with Crippen molar-refractivity contribution in [3.63, 3.8) is 0 Å². The molecule has 0 aromatic heterocycles. The molecule has 0 unspecified atom stereocenters. The van der Waals surface area contributed by atoms with Gasteiger partial charge < -0.3 is 15.5 Å². The fraction of sp³-hybridized carbons (Fsp3) is 0.400. The fourth-order valence-corrected chi connectivity index (χ4v) is 5.28. The Morgan fingerprint density at radius 3 is 2.53 bits per heavy atom. The van der Waals surface area contributed by atoms with Gasteiger partial charge in [-0.15, -0.1) is 11.8 Å². The number of nitrogens with zero attached hydrogens (tertiary/aromatic N) is 1. The average Bonchev–Trinajstić information content (AvgIpc) is 2.82. The molecule has 2 aromatic rings. The Labute approximate surface area is 193 Å². The SMILES string of the molecule is C[C@H](CCc1ccccc1)NC(=O)C1CCN(C(=O)[C@H]2Sc3ccccc3NC2=O)CC1. The zero-order valence-corrected chi connectivity index (χ0v) is 19.1. The summed E-state index contributed by atoms with van der Waals surface area (Å²) < 4.78 is 0. The summed E-state index contributed by atoms with van der Waals surface area (Å²) in [6.07, 6.45) is 3.07. The smallest absolute Gasteiger partial charge is 0.247 e. The molecular formula is C25H29N3O3S. The molecule has 2 aliphatic rings. The van der Waals surface area contributed by atoms with Crippen LogP contribution in [-0.4, -0.2) is 47.0 Å². The molecule has 2 aromatic carbocycles. The van der Waals surface area contributed by atoms with Crippen molar-refractivity contribution in [1.82, 2.24) is 10.2 Å². The van der Waals surface area contributed by atoms with Crippen LogP contribution in [0.1, 0.15) is 31.7 Å². The van der Waals surface area contributed by atoms with Crippen LogP contribution in [-0.2, 0) is 20.8 Å². The van der Waals surface area contributed by atoms with Crippen LogP contribution in [0.4, 0.5) is 5.69 Å². The van der Waals surface area contributed by atoms with Gasteiger partial charge >= 0.3 is 0 Å². The number of benzene rings is 2. The van der Waals surface area contributed by atoms with E-state index in [-0.39, 0.29) is 29.7 Å². The Bertz CT molecular complexity index is 973. The number of fused-ring (bicyclic) bond motifs is 1. The molecule has 4 rings (SSSR count). The molecule has 7 heteroatoms. The normalized spacial score (nSPS) is 19.6. The van der Waals surface area contributed by atoms with Crippen molar-refractivity contribution in [2.24, 2.45) is 5.92 Å². The zero-order valence-electron chi connectivity index (χ0n) is 18.3. The van der Waals surface area contributed by atoms with Crippen LogP contribution in [0.25, 0.3) is 0 Å². The molecule has 0 spiro atoms. The highest BCUT2D eigenvalue weighted by atomic mass is 32.2. The number of carbonyl (C=O) groups excluding carboxylic acids is 3. The highest BCUT2D eigenvalue weighted by molar-refractivity contribution is 8.01. The highest BCUT2D eigenvalue weighted by Gasteiger charge is 2.37. The second kappa shape index (κ2) is 10.2. The number of aryl methyl sites for hydroxylation is 1. The molecule has 168 valence electrons. The lowest BCUT2D eigenvalue weighted by atomic mass is 9.95. The van der Waals surface area contributed by atoms with Crippen LogP contribution in [0.3, 0.4) is 0 Å². The van der Waals surface area contributed by atoms with E-state index >= 15 is 0 Å². The van der Waals surface area contributed by atoms with Gasteiger partial charge in [0.25, 0.3) is 0 Å². The predicted octanol–water partition coefficient (Wildman–Crippen LogP) is 3.48. The summed E-state index contributed by atoms with van der Waals surface area (Å²) in [5, 5.41) is 5.20. The summed E-state index contributed by atoms with van der Waals surface area (Å²) in [6, 6.07) is 17.9. The van der Waals surface area contributed by atoms with E-state index in [0.717, 1.165) is 23.4 Å². The van der Waals surface area contributed by atoms with Crippen molar-refractivity contribution in [2.45, 2.75) is 48.8 Å². The second-order valence-corrected chi connectivity index (χ2v) is 9.66. The van der Waals surface area contributed by atoms with Gasteiger partial charge in [-0.2, -0.15) is 0 Å². The first-order chi connectivity index (χ1) is 15.5. The maximum atomic E-state index is 13.0. The number of carbonyl (C=O) groups is 3. The summed E-state index contributed by atoms with van der Waals surface area (Å²) in [4.78, 5) is 40.8. The van der Waals surface area contributed by atoms with Crippen molar-refractivity contribution in [3.05, 3.63) is 60.2 Å². The lowest BCUT2D eigenvalue weighted by Crippen LogP contribution is -2.49. The summed E-state index contributed by atoms with van der Waals surface area (Å²) in [5.74, 6) is -0.467. The number of thioether (sulfide) groups is 1. The quantitative estimate of drug-likeness (QED) is 0.659. The highest BCUT2D eigenvalue weighted by Crippen LogP contribution is 2.36. The third-order valence-electron chi connectivity index (χ3n) is 6.13. The average molecular weight is 452 g/mol. The van der Waals surface area contributed by atoms with Crippen LogP contribution in [0.5, 0.6) is 0 Å². The van der Waals surface area contributed by atoms with Crippen LogP contribution < -0.4 is 10.6 Å². The summed E-state index contributed by atoms with van der Waals surface area (Å²) in [5.41, 5.74) is 2.02. The topological polar surface area (TPSA) is 78.5 Å². The van der Waals surface area contributed by atoms with Gasteiger partial charge in [0.2, 0.25) is 17.7 Å². The van der Waals surface area contributed by atoms with Crippen molar-refractivity contribution >= 4 is 35.2 Å². The number of anilines is 1. The molecule has 1 fully saturated rings. The molecule has 0 aliphatic carbocycles. The Morgan fingerprint density at radius 1 is 1.09 bits per heavy atom. The van der Waals surface area contributed by atoms with Gasteiger partial charge in [0, 0.05) is 29.9 Å². The molecule has 0 saturated carbocycles. The van der Waals surface area contributed by atoms with Crippen molar-refractivity contribution in [2.75, 3.05) is 18.4 Å². The summed E-state index contributed by atoms with van der Waals surface area (Å²) in [7, 11) is 0. The number of para-hydroxylation sites is 1. The number of amides is 3. The van der Waals surface area contributed by atoms with Crippen LogP contribution in [0.15, 0.2) is 59.5 Å². The van der Waals surface area contributed by atoms with E-state index < -0.39 is 5.25 Å². The fourth-order valence-electron chi connectivity index (χ4n) is 4.20. The molecule has 6 nitrogen and oxygen atoms in total. The molecule has 0 bridgehead atoms. The Hall–Kier alpha value is -2.80. The minimum atomic E-state index is -0.770.